The molecule has 1 aromatic carbocycles. The van der Waals surface area contributed by atoms with E-state index < -0.39 is 0 Å². The molecule has 0 radical (unpaired) electrons. The molecule has 8 heteroatoms. The van der Waals surface area contributed by atoms with E-state index in [1.54, 1.807) is 13.2 Å². The van der Waals surface area contributed by atoms with Gasteiger partial charge in [0.15, 0.2) is 0 Å². The molecule has 0 spiro atoms. The highest BCUT2D eigenvalue weighted by molar-refractivity contribution is 5.87. The Morgan fingerprint density at radius 1 is 1.14 bits per heavy atom. The van der Waals surface area contributed by atoms with Gasteiger partial charge in [-0.25, -0.2) is 9.67 Å². The number of nitrogens with one attached hydrogen (secondary N) is 1. The monoisotopic (exact) mass is 380 g/mol. The predicted octanol–water partition coefficient (Wildman–Crippen LogP) is 2.59. The standard InChI is InChI=1S/C20H24N6O2/c1-13(2)26-16(27)10-9-15(25-26)17-18(14-7-5-4-6-8-14)23-20(21)24-19(17)22-11-12-28-3/h4-10,13H,11-12H2,1-3H3,(H3,21,22,23,24). The zero-order valence-electron chi connectivity index (χ0n) is 16.2. The molecule has 0 aliphatic heterocycles. The van der Waals surface area contributed by atoms with E-state index in [0.717, 1.165) is 5.56 Å². The van der Waals surface area contributed by atoms with E-state index in [2.05, 4.69) is 20.4 Å². The molecule has 2 heterocycles. The number of nitrogens with two attached hydrogens (primary N) is 1. The zero-order chi connectivity index (χ0) is 20.1. The molecule has 8 nitrogen and oxygen atoms in total. The van der Waals surface area contributed by atoms with Crippen LogP contribution in [0, 0.1) is 0 Å². The second-order valence-corrected chi connectivity index (χ2v) is 6.53. The summed E-state index contributed by atoms with van der Waals surface area (Å²) in [6, 6.07) is 12.8. The van der Waals surface area contributed by atoms with Crippen LogP contribution in [0.2, 0.25) is 0 Å². The Kier molecular flexibility index (Phi) is 6.00. The van der Waals surface area contributed by atoms with E-state index in [1.165, 1.54) is 10.7 Å². The third-order valence-corrected chi connectivity index (χ3v) is 4.14. The summed E-state index contributed by atoms with van der Waals surface area (Å²) in [6.07, 6.45) is 0. The van der Waals surface area contributed by atoms with Crippen LogP contribution in [0.1, 0.15) is 19.9 Å². The number of rotatable bonds is 7. The summed E-state index contributed by atoms with van der Waals surface area (Å²) < 4.78 is 6.57. The number of hydrogen-bond donors (Lipinski definition) is 2. The molecule has 0 amide bonds. The Hall–Kier alpha value is -3.26. The first-order chi connectivity index (χ1) is 13.5. The van der Waals surface area contributed by atoms with E-state index in [9.17, 15) is 4.79 Å². The zero-order valence-corrected chi connectivity index (χ0v) is 16.2. The highest BCUT2D eigenvalue weighted by atomic mass is 16.5. The van der Waals surface area contributed by atoms with Gasteiger partial charge in [0.2, 0.25) is 5.95 Å². The molecule has 3 N–H and O–H groups in total. The molecule has 28 heavy (non-hydrogen) atoms. The van der Waals surface area contributed by atoms with Crippen LogP contribution in [0.5, 0.6) is 0 Å². The molecule has 0 bridgehead atoms. The molecule has 0 fully saturated rings. The van der Waals surface area contributed by atoms with Gasteiger partial charge in [-0.3, -0.25) is 4.79 Å². The van der Waals surface area contributed by atoms with Gasteiger partial charge in [0.05, 0.1) is 29.6 Å². The maximum atomic E-state index is 12.2. The van der Waals surface area contributed by atoms with Gasteiger partial charge in [-0.1, -0.05) is 30.3 Å². The van der Waals surface area contributed by atoms with Crippen LogP contribution in [-0.2, 0) is 4.74 Å². The number of nitrogen functional groups attached to an aromatic ring is 1. The van der Waals surface area contributed by atoms with Crippen molar-refractivity contribution in [3.63, 3.8) is 0 Å². The third-order valence-electron chi connectivity index (χ3n) is 4.14. The summed E-state index contributed by atoms with van der Waals surface area (Å²) >= 11 is 0. The van der Waals surface area contributed by atoms with Gasteiger partial charge in [-0.2, -0.15) is 10.1 Å². The highest BCUT2D eigenvalue weighted by Gasteiger charge is 2.19. The molecule has 0 saturated heterocycles. The fraction of sp³-hybridized carbons (Fsp3) is 0.300. The van der Waals surface area contributed by atoms with E-state index in [1.807, 2.05) is 44.2 Å². The van der Waals surface area contributed by atoms with E-state index >= 15 is 0 Å². The molecule has 2 aromatic heterocycles. The van der Waals surface area contributed by atoms with Crippen molar-refractivity contribution in [1.82, 2.24) is 19.7 Å². The quantitative estimate of drug-likeness (QED) is 0.607. The lowest BCUT2D eigenvalue weighted by Crippen LogP contribution is -2.24. The van der Waals surface area contributed by atoms with Crippen molar-refractivity contribution in [2.75, 3.05) is 31.3 Å². The van der Waals surface area contributed by atoms with Gasteiger partial charge in [-0.15, -0.1) is 0 Å². The van der Waals surface area contributed by atoms with Gasteiger partial charge in [0.25, 0.3) is 5.56 Å². The predicted molar refractivity (Wildman–Crippen MR) is 110 cm³/mol. The van der Waals surface area contributed by atoms with Crippen molar-refractivity contribution >= 4 is 11.8 Å². The van der Waals surface area contributed by atoms with Gasteiger partial charge in [0, 0.05) is 25.3 Å². The Bertz CT molecular complexity index is 1000. The lowest BCUT2D eigenvalue weighted by Gasteiger charge is -2.17. The molecule has 146 valence electrons. The maximum absolute atomic E-state index is 12.2. The van der Waals surface area contributed by atoms with Crippen molar-refractivity contribution in [3.05, 3.63) is 52.8 Å². The molecule has 0 unspecified atom stereocenters. The first-order valence-electron chi connectivity index (χ1n) is 9.07. The van der Waals surface area contributed by atoms with Gasteiger partial charge >= 0.3 is 0 Å². The van der Waals surface area contributed by atoms with Gasteiger partial charge in [0.1, 0.15) is 5.82 Å². The Morgan fingerprint density at radius 3 is 2.57 bits per heavy atom. The smallest absolute Gasteiger partial charge is 0.267 e. The van der Waals surface area contributed by atoms with E-state index in [0.29, 0.717) is 35.9 Å². The van der Waals surface area contributed by atoms with Gasteiger partial charge < -0.3 is 15.8 Å². The summed E-state index contributed by atoms with van der Waals surface area (Å²) in [6.45, 7) is 4.86. The second kappa shape index (κ2) is 8.62. The highest BCUT2D eigenvalue weighted by Crippen LogP contribution is 2.34. The number of benzene rings is 1. The number of methoxy groups -OCH3 is 1. The maximum Gasteiger partial charge on any atom is 0.267 e. The summed E-state index contributed by atoms with van der Waals surface area (Å²) in [5.74, 6) is 0.699. The van der Waals surface area contributed by atoms with Crippen molar-refractivity contribution in [1.29, 1.82) is 0 Å². The summed E-state index contributed by atoms with van der Waals surface area (Å²) in [5.41, 5.74) is 8.62. The average molecular weight is 380 g/mol. The summed E-state index contributed by atoms with van der Waals surface area (Å²) in [7, 11) is 1.63. The largest absolute Gasteiger partial charge is 0.383 e. The van der Waals surface area contributed by atoms with Crippen molar-refractivity contribution in [2.45, 2.75) is 19.9 Å². The molecule has 0 saturated carbocycles. The Morgan fingerprint density at radius 2 is 1.89 bits per heavy atom. The van der Waals surface area contributed by atoms with Crippen LogP contribution >= 0.6 is 0 Å². The third kappa shape index (κ3) is 4.17. The van der Waals surface area contributed by atoms with E-state index in [4.69, 9.17) is 10.5 Å². The van der Waals surface area contributed by atoms with E-state index in [-0.39, 0.29) is 17.5 Å². The normalized spacial score (nSPS) is 11.0. The summed E-state index contributed by atoms with van der Waals surface area (Å²) in [5, 5.41) is 7.80. The number of nitrogens with zero attached hydrogens (tertiary/aromatic N) is 4. The van der Waals surface area contributed by atoms with Crippen LogP contribution in [0.4, 0.5) is 11.8 Å². The van der Waals surface area contributed by atoms with Crippen LogP contribution in [0.25, 0.3) is 22.5 Å². The number of aromatic nitrogens is 4. The van der Waals surface area contributed by atoms with Crippen LogP contribution in [-0.4, -0.2) is 40.0 Å². The second-order valence-electron chi connectivity index (χ2n) is 6.53. The minimum absolute atomic E-state index is 0.0766. The van der Waals surface area contributed by atoms with Crippen LogP contribution < -0.4 is 16.6 Å². The van der Waals surface area contributed by atoms with Crippen molar-refractivity contribution in [3.8, 4) is 22.5 Å². The van der Waals surface area contributed by atoms with Crippen molar-refractivity contribution < 1.29 is 4.74 Å². The molecule has 3 aromatic rings. The minimum atomic E-state index is -0.162. The minimum Gasteiger partial charge on any atom is -0.383 e. The Balaban J connectivity index is 2.24. The van der Waals surface area contributed by atoms with Crippen LogP contribution in [0.3, 0.4) is 0 Å². The molecule has 0 atom stereocenters. The number of hydrogen-bond acceptors (Lipinski definition) is 7. The SMILES string of the molecule is COCCNc1nc(N)nc(-c2ccccc2)c1-c1ccc(=O)n(C(C)C)n1. The summed E-state index contributed by atoms with van der Waals surface area (Å²) in [4.78, 5) is 21.0. The fourth-order valence-electron chi connectivity index (χ4n) is 2.85. The first-order valence-corrected chi connectivity index (χ1v) is 9.07. The average Bonchev–Trinajstić information content (AvgIpc) is 2.69. The Labute approximate surface area is 163 Å². The first kappa shape index (κ1) is 19.5. The van der Waals surface area contributed by atoms with Gasteiger partial charge in [-0.05, 0) is 19.9 Å². The molecular formula is C20H24N6O2. The molecule has 0 aliphatic rings. The fourth-order valence-corrected chi connectivity index (χ4v) is 2.85. The molecular weight excluding hydrogens is 356 g/mol. The topological polar surface area (TPSA) is 108 Å². The molecule has 3 rings (SSSR count). The van der Waals surface area contributed by atoms with Crippen molar-refractivity contribution in [2.24, 2.45) is 0 Å². The molecule has 0 aliphatic carbocycles. The van der Waals surface area contributed by atoms with Crippen LogP contribution in [0.15, 0.2) is 47.3 Å². The number of ether oxygens (including phenoxy) is 1. The lowest BCUT2D eigenvalue weighted by atomic mass is 10.0. The number of anilines is 2. The lowest BCUT2D eigenvalue weighted by molar-refractivity contribution is 0.210.